The molecule has 1 amide bonds. The number of carbonyl (C=O) groups excluding carboxylic acids is 1. The number of rotatable bonds is 9. The number of benzene rings is 1. The zero-order valence-electron chi connectivity index (χ0n) is 15.9. The van der Waals surface area contributed by atoms with Gasteiger partial charge in [0.25, 0.3) is 5.91 Å². The summed E-state index contributed by atoms with van der Waals surface area (Å²) in [4.78, 5) is 12.8. The third-order valence-corrected chi connectivity index (χ3v) is 7.09. The molecule has 25 heavy (non-hydrogen) atoms. The summed E-state index contributed by atoms with van der Waals surface area (Å²) in [5, 5.41) is 2.98. The van der Waals surface area contributed by atoms with E-state index in [1.165, 1.54) is 10.4 Å². The van der Waals surface area contributed by atoms with Gasteiger partial charge in [-0.15, -0.1) is 0 Å². The SMILES string of the molecule is CCN(CC)S(=O)(=O)c1cc(C(=O)NC(CC)(CC)CN)ccc1C. The Morgan fingerprint density at radius 1 is 1.16 bits per heavy atom. The van der Waals surface area contributed by atoms with Crippen molar-refractivity contribution >= 4 is 15.9 Å². The van der Waals surface area contributed by atoms with E-state index in [1.54, 1.807) is 32.9 Å². The largest absolute Gasteiger partial charge is 0.345 e. The summed E-state index contributed by atoms with van der Waals surface area (Å²) in [6.07, 6.45) is 1.42. The molecule has 1 aromatic rings. The van der Waals surface area contributed by atoms with Crippen LogP contribution in [0, 0.1) is 6.92 Å². The third kappa shape index (κ3) is 4.59. The number of carbonyl (C=O) groups is 1. The number of hydrogen-bond donors (Lipinski definition) is 2. The van der Waals surface area contributed by atoms with E-state index >= 15 is 0 Å². The lowest BCUT2D eigenvalue weighted by atomic mass is 9.92. The molecule has 0 radical (unpaired) electrons. The minimum atomic E-state index is -3.62. The maximum Gasteiger partial charge on any atom is 0.251 e. The van der Waals surface area contributed by atoms with Crippen LogP contribution in [-0.4, -0.2) is 43.8 Å². The van der Waals surface area contributed by atoms with Crippen LogP contribution in [-0.2, 0) is 10.0 Å². The number of hydrogen-bond acceptors (Lipinski definition) is 4. The van der Waals surface area contributed by atoms with Crippen molar-refractivity contribution in [3.05, 3.63) is 29.3 Å². The number of nitrogens with one attached hydrogen (secondary N) is 1. The normalized spacial score (nSPS) is 12.4. The average molecular weight is 370 g/mol. The Morgan fingerprint density at radius 3 is 2.16 bits per heavy atom. The molecule has 0 saturated carbocycles. The zero-order chi connectivity index (χ0) is 19.3. The predicted molar refractivity (Wildman–Crippen MR) is 101 cm³/mol. The molecule has 0 saturated heterocycles. The van der Waals surface area contributed by atoms with Crippen molar-refractivity contribution in [3.8, 4) is 0 Å². The fourth-order valence-corrected chi connectivity index (χ4v) is 4.51. The van der Waals surface area contributed by atoms with Crippen LogP contribution in [0.4, 0.5) is 0 Å². The van der Waals surface area contributed by atoms with Crippen molar-refractivity contribution in [1.29, 1.82) is 0 Å². The molecule has 0 spiro atoms. The number of nitrogens with two attached hydrogens (primary N) is 1. The Bertz CT molecular complexity index is 685. The van der Waals surface area contributed by atoms with Crippen molar-refractivity contribution in [2.75, 3.05) is 19.6 Å². The molecule has 0 heterocycles. The van der Waals surface area contributed by atoms with Gasteiger partial charge in [-0.2, -0.15) is 4.31 Å². The molecule has 0 aliphatic rings. The summed E-state index contributed by atoms with van der Waals surface area (Å²) in [7, 11) is -3.62. The minimum Gasteiger partial charge on any atom is -0.345 e. The van der Waals surface area contributed by atoms with E-state index in [-0.39, 0.29) is 10.8 Å². The summed E-state index contributed by atoms with van der Waals surface area (Å²) >= 11 is 0. The van der Waals surface area contributed by atoms with E-state index in [9.17, 15) is 13.2 Å². The first-order valence-electron chi connectivity index (χ1n) is 8.84. The highest BCUT2D eigenvalue weighted by molar-refractivity contribution is 7.89. The summed E-state index contributed by atoms with van der Waals surface area (Å²) in [5.41, 5.74) is 6.32. The standard InChI is InChI=1S/C18H31N3O3S/c1-6-18(7-2,13-19)20-17(22)15-11-10-14(5)16(12-15)25(23,24)21(8-3)9-4/h10-12H,6-9,13,19H2,1-5H3,(H,20,22). The fraction of sp³-hybridized carbons (Fsp3) is 0.611. The Labute approximate surface area is 151 Å². The van der Waals surface area contributed by atoms with Crippen LogP contribution in [0.1, 0.15) is 56.5 Å². The lowest BCUT2D eigenvalue weighted by molar-refractivity contribution is 0.0895. The molecule has 1 aromatic carbocycles. The Morgan fingerprint density at radius 2 is 1.72 bits per heavy atom. The van der Waals surface area contributed by atoms with E-state index in [2.05, 4.69) is 5.32 Å². The van der Waals surface area contributed by atoms with Gasteiger partial charge in [-0.05, 0) is 37.5 Å². The quantitative estimate of drug-likeness (QED) is 0.698. The third-order valence-electron chi connectivity index (χ3n) is 4.90. The van der Waals surface area contributed by atoms with E-state index < -0.39 is 15.6 Å². The molecule has 1 rings (SSSR count). The van der Waals surface area contributed by atoms with Crippen molar-refractivity contribution in [1.82, 2.24) is 9.62 Å². The van der Waals surface area contributed by atoms with Crippen molar-refractivity contribution in [2.45, 2.75) is 57.9 Å². The van der Waals surface area contributed by atoms with Crippen LogP contribution in [0.15, 0.2) is 23.1 Å². The highest BCUT2D eigenvalue weighted by Gasteiger charge is 2.28. The summed E-state index contributed by atoms with van der Waals surface area (Å²) in [5.74, 6) is -0.301. The second-order valence-corrected chi connectivity index (χ2v) is 8.12. The molecule has 0 bridgehead atoms. The minimum absolute atomic E-state index is 0.176. The lowest BCUT2D eigenvalue weighted by Crippen LogP contribution is -2.52. The highest BCUT2D eigenvalue weighted by atomic mass is 32.2. The van der Waals surface area contributed by atoms with E-state index in [1.807, 2.05) is 13.8 Å². The first-order valence-corrected chi connectivity index (χ1v) is 10.3. The van der Waals surface area contributed by atoms with Gasteiger partial charge in [0.15, 0.2) is 0 Å². The molecule has 142 valence electrons. The van der Waals surface area contributed by atoms with Crippen molar-refractivity contribution in [3.63, 3.8) is 0 Å². The molecule has 0 aliphatic carbocycles. The monoisotopic (exact) mass is 369 g/mol. The van der Waals surface area contributed by atoms with Gasteiger partial charge in [-0.25, -0.2) is 8.42 Å². The fourth-order valence-electron chi connectivity index (χ4n) is 2.80. The highest BCUT2D eigenvalue weighted by Crippen LogP contribution is 2.22. The smallest absolute Gasteiger partial charge is 0.251 e. The van der Waals surface area contributed by atoms with Gasteiger partial charge in [0.1, 0.15) is 0 Å². The lowest BCUT2D eigenvalue weighted by Gasteiger charge is -2.31. The number of amides is 1. The van der Waals surface area contributed by atoms with Gasteiger partial charge in [0.2, 0.25) is 10.0 Å². The second kappa shape index (κ2) is 8.78. The molecule has 3 N–H and O–H groups in total. The average Bonchev–Trinajstić information content (AvgIpc) is 2.60. The molecule has 0 fully saturated rings. The van der Waals surface area contributed by atoms with Crippen LogP contribution in [0.5, 0.6) is 0 Å². The van der Waals surface area contributed by atoms with Crippen LogP contribution in [0.2, 0.25) is 0 Å². The van der Waals surface area contributed by atoms with Gasteiger partial charge in [-0.1, -0.05) is 33.8 Å². The molecular weight excluding hydrogens is 338 g/mol. The zero-order valence-corrected chi connectivity index (χ0v) is 16.7. The Kier molecular flexibility index (Phi) is 7.59. The van der Waals surface area contributed by atoms with Crippen molar-refractivity contribution < 1.29 is 13.2 Å². The van der Waals surface area contributed by atoms with Gasteiger partial charge in [-0.3, -0.25) is 4.79 Å². The van der Waals surface area contributed by atoms with Gasteiger partial charge in [0.05, 0.1) is 10.4 Å². The molecule has 6 nitrogen and oxygen atoms in total. The number of aryl methyl sites for hydroxylation is 1. The van der Waals surface area contributed by atoms with Gasteiger partial charge in [0, 0.05) is 25.2 Å². The summed E-state index contributed by atoms with van der Waals surface area (Å²) in [6, 6.07) is 4.79. The number of nitrogens with zero attached hydrogens (tertiary/aromatic N) is 1. The van der Waals surface area contributed by atoms with Gasteiger partial charge >= 0.3 is 0 Å². The number of sulfonamides is 1. The molecule has 0 atom stereocenters. The van der Waals surface area contributed by atoms with Gasteiger partial charge < -0.3 is 11.1 Å². The Balaban J connectivity index is 3.28. The van der Waals surface area contributed by atoms with Crippen molar-refractivity contribution in [2.24, 2.45) is 5.73 Å². The van der Waals surface area contributed by atoms with Crippen LogP contribution >= 0.6 is 0 Å². The molecule has 0 unspecified atom stereocenters. The maximum absolute atomic E-state index is 12.8. The van der Waals surface area contributed by atoms with Crippen LogP contribution in [0.25, 0.3) is 0 Å². The Hall–Kier alpha value is -1.44. The second-order valence-electron chi connectivity index (χ2n) is 6.22. The maximum atomic E-state index is 12.8. The van der Waals surface area contributed by atoms with E-state index in [0.29, 0.717) is 43.6 Å². The van der Waals surface area contributed by atoms with E-state index in [4.69, 9.17) is 5.73 Å². The van der Waals surface area contributed by atoms with Crippen LogP contribution < -0.4 is 11.1 Å². The summed E-state index contributed by atoms with van der Waals surface area (Å²) in [6.45, 7) is 10.4. The summed E-state index contributed by atoms with van der Waals surface area (Å²) < 4.78 is 27.0. The molecular formula is C18H31N3O3S. The first-order chi connectivity index (χ1) is 11.7. The molecule has 7 heteroatoms. The molecule has 0 aliphatic heterocycles. The van der Waals surface area contributed by atoms with E-state index in [0.717, 1.165) is 0 Å². The predicted octanol–water partition coefficient (Wildman–Crippen LogP) is 2.27. The topological polar surface area (TPSA) is 92.5 Å². The van der Waals surface area contributed by atoms with Crippen LogP contribution in [0.3, 0.4) is 0 Å². The molecule has 0 aromatic heterocycles. The first kappa shape index (κ1) is 21.6.